The van der Waals surface area contributed by atoms with Gasteiger partial charge in [-0.05, 0) is 36.2 Å². The molecule has 3 nitrogen and oxygen atoms in total. The Hall–Kier alpha value is -1.53. The van der Waals surface area contributed by atoms with E-state index in [1.165, 1.54) is 11.6 Å². The van der Waals surface area contributed by atoms with Crippen molar-refractivity contribution in [2.24, 2.45) is 11.7 Å². The average Bonchev–Trinajstić information content (AvgIpc) is 3.18. The number of nitrogens with zero attached hydrogens (tertiary/aromatic N) is 2. The molecule has 1 fully saturated rings. The number of hydrogen-bond donors (Lipinski definition) is 1. The van der Waals surface area contributed by atoms with Gasteiger partial charge in [-0.2, -0.15) is 0 Å². The molecule has 2 N–H and O–H groups in total. The monoisotopic (exact) mass is 377 g/mol. The zero-order valence-electron chi connectivity index (χ0n) is 13.8. The molecule has 0 radical (unpaired) electrons. The van der Waals surface area contributed by atoms with E-state index < -0.39 is 0 Å². The zero-order chi connectivity index (χ0) is 16.5. The van der Waals surface area contributed by atoms with Crippen LogP contribution in [0.5, 0.6) is 0 Å². The van der Waals surface area contributed by atoms with Crippen LogP contribution in [0.15, 0.2) is 48.5 Å². The van der Waals surface area contributed by atoms with Crippen molar-refractivity contribution in [1.29, 1.82) is 0 Å². The Morgan fingerprint density at radius 1 is 1.16 bits per heavy atom. The van der Waals surface area contributed by atoms with Crippen LogP contribution in [0.4, 0.5) is 4.39 Å². The average molecular weight is 378 g/mol. The number of nitrogens with two attached hydrogens (primary N) is 1. The van der Waals surface area contributed by atoms with Gasteiger partial charge < -0.3 is 5.73 Å². The minimum atomic E-state index is -0.203. The smallest absolute Gasteiger partial charge is 0.124 e. The van der Waals surface area contributed by atoms with Crippen LogP contribution in [-0.4, -0.2) is 29.5 Å². The van der Waals surface area contributed by atoms with Gasteiger partial charge in [0, 0.05) is 19.0 Å². The molecule has 0 amide bonds. The van der Waals surface area contributed by atoms with Gasteiger partial charge in [-0.3, -0.25) is 4.90 Å². The fourth-order valence-corrected chi connectivity index (χ4v) is 4.65. The summed E-state index contributed by atoms with van der Waals surface area (Å²) >= 11 is 1.58. The van der Waals surface area contributed by atoms with E-state index in [2.05, 4.69) is 34.1 Å². The summed E-state index contributed by atoms with van der Waals surface area (Å²) in [5.41, 5.74) is 8.26. The Balaban J connectivity index is 0.00000182. The first-order valence-electron chi connectivity index (χ1n) is 8.25. The first kappa shape index (κ1) is 18.3. The maximum atomic E-state index is 13.3. The van der Waals surface area contributed by atoms with E-state index in [0.717, 1.165) is 34.9 Å². The van der Waals surface area contributed by atoms with Crippen molar-refractivity contribution in [3.05, 3.63) is 64.9 Å². The van der Waals surface area contributed by atoms with Crippen LogP contribution < -0.4 is 5.73 Å². The second-order valence-electron chi connectivity index (χ2n) is 6.43. The minimum absolute atomic E-state index is 0. The molecule has 0 spiro atoms. The quantitative estimate of drug-likeness (QED) is 0.746. The highest BCUT2D eigenvalue weighted by Crippen LogP contribution is 2.33. The molecule has 2 atom stereocenters. The van der Waals surface area contributed by atoms with Gasteiger partial charge in [-0.1, -0.05) is 30.3 Å². The molecule has 4 rings (SSSR count). The van der Waals surface area contributed by atoms with Gasteiger partial charge in [0.05, 0.1) is 16.8 Å². The molecule has 1 aliphatic heterocycles. The summed E-state index contributed by atoms with van der Waals surface area (Å²) in [6, 6.07) is 15.4. The zero-order valence-corrected chi connectivity index (χ0v) is 15.4. The lowest BCUT2D eigenvalue weighted by molar-refractivity contribution is 0.316. The SMILES string of the molecule is Cl.NC[C@@H]1CN(Cc2nc3ccc(F)cc3s2)C[C@H]1c1ccccc1. The number of rotatable bonds is 4. The van der Waals surface area contributed by atoms with Gasteiger partial charge in [-0.15, -0.1) is 23.7 Å². The number of aromatic nitrogens is 1. The minimum Gasteiger partial charge on any atom is -0.330 e. The summed E-state index contributed by atoms with van der Waals surface area (Å²) in [7, 11) is 0. The summed E-state index contributed by atoms with van der Waals surface area (Å²) < 4.78 is 14.3. The number of thiazole rings is 1. The summed E-state index contributed by atoms with van der Waals surface area (Å²) in [5, 5.41) is 1.04. The lowest BCUT2D eigenvalue weighted by atomic mass is 9.89. The fourth-order valence-electron chi connectivity index (χ4n) is 3.61. The molecule has 3 aromatic rings. The molecule has 25 heavy (non-hydrogen) atoms. The van der Waals surface area contributed by atoms with Crippen molar-refractivity contribution in [3.8, 4) is 0 Å². The maximum Gasteiger partial charge on any atom is 0.124 e. The number of halogens is 2. The third-order valence-electron chi connectivity index (χ3n) is 4.80. The van der Waals surface area contributed by atoms with E-state index in [1.807, 2.05) is 6.07 Å². The molecular formula is C19H21ClFN3S. The number of hydrogen-bond acceptors (Lipinski definition) is 4. The lowest BCUT2D eigenvalue weighted by Gasteiger charge is -2.16. The first-order chi connectivity index (χ1) is 11.7. The highest BCUT2D eigenvalue weighted by Gasteiger charge is 2.33. The largest absolute Gasteiger partial charge is 0.330 e. The van der Waals surface area contributed by atoms with Crippen LogP contribution in [-0.2, 0) is 6.54 Å². The molecule has 1 aromatic heterocycles. The standard InChI is InChI=1S/C19H20FN3S.ClH/c20-15-6-7-17-18(8-15)24-19(22-17)12-23-10-14(9-21)16(11-23)13-4-2-1-3-5-13;/h1-8,14,16H,9-12,21H2;1H/t14-,16+;/m1./s1. The molecule has 0 saturated carbocycles. The van der Waals surface area contributed by atoms with E-state index >= 15 is 0 Å². The highest BCUT2D eigenvalue weighted by atomic mass is 35.5. The fraction of sp³-hybridized carbons (Fsp3) is 0.316. The molecule has 1 aliphatic rings. The highest BCUT2D eigenvalue weighted by molar-refractivity contribution is 7.18. The number of fused-ring (bicyclic) bond motifs is 1. The van der Waals surface area contributed by atoms with Crippen molar-refractivity contribution in [2.75, 3.05) is 19.6 Å². The van der Waals surface area contributed by atoms with E-state index in [9.17, 15) is 4.39 Å². The number of benzene rings is 2. The van der Waals surface area contributed by atoms with E-state index in [-0.39, 0.29) is 18.2 Å². The Bertz CT molecular complexity index is 839. The molecular weight excluding hydrogens is 357 g/mol. The molecule has 132 valence electrons. The Kier molecular flexibility index (Phi) is 5.69. The van der Waals surface area contributed by atoms with Gasteiger partial charge in [0.15, 0.2) is 0 Å². The van der Waals surface area contributed by atoms with E-state index in [1.54, 1.807) is 23.5 Å². The predicted molar refractivity (Wildman–Crippen MR) is 104 cm³/mol. The van der Waals surface area contributed by atoms with Gasteiger partial charge >= 0.3 is 0 Å². The lowest BCUT2D eigenvalue weighted by Crippen LogP contribution is -2.23. The second kappa shape index (κ2) is 7.79. The summed E-state index contributed by atoms with van der Waals surface area (Å²) in [6.45, 7) is 3.48. The molecule has 1 saturated heterocycles. The molecule has 0 aliphatic carbocycles. The van der Waals surface area contributed by atoms with Crippen LogP contribution in [0, 0.1) is 11.7 Å². The van der Waals surface area contributed by atoms with Gasteiger partial charge in [-0.25, -0.2) is 9.37 Å². The van der Waals surface area contributed by atoms with Crippen LogP contribution in [0.1, 0.15) is 16.5 Å². The molecule has 6 heteroatoms. The number of likely N-dealkylation sites (tertiary alicyclic amines) is 1. The van der Waals surface area contributed by atoms with Gasteiger partial charge in [0.1, 0.15) is 10.8 Å². The molecule has 0 bridgehead atoms. The van der Waals surface area contributed by atoms with Crippen LogP contribution in [0.25, 0.3) is 10.2 Å². The van der Waals surface area contributed by atoms with Crippen LogP contribution in [0.3, 0.4) is 0 Å². The molecule has 2 aromatic carbocycles. The maximum absolute atomic E-state index is 13.3. The van der Waals surface area contributed by atoms with E-state index in [4.69, 9.17) is 5.73 Å². The summed E-state index contributed by atoms with van der Waals surface area (Å²) in [5.74, 6) is 0.744. The Morgan fingerprint density at radius 2 is 1.96 bits per heavy atom. The van der Waals surface area contributed by atoms with Crippen molar-refractivity contribution in [1.82, 2.24) is 9.88 Å². The van der Waals surface area contributed by atoms with Crippen LogP contribution >= 0.6 is 23.7 Å². The van der Waals surface area contributed by atoms with Gasteiger partial charge in [0.2, 0.25) is 0 Å². The van der Waals surface area contributed by atoms with Crippen molar-refractivity contribution in [3.63, 3.8) is 0 Å². The van der Waals surface area contributed by atoms with Crippen LogP contribution in [0.2, 0.25) is 0 Å². The van der Waals surface area contributed by atoms with Gasteiger partial charge in [0.25, 0.3) is 0 Å². The molecule has 0 unspecified atom stereocenters. The Morgan fingerprint density at radius 3 is 2.72 bits per heavy atom. The predicted octanol–water partition coefficient (Wildman–Crippen LogP) is 4.03. The van der Waals surface area contributed by atoms with Crippen molar-refractivity contribution < 1.29 is 4.39 Å². The summed E-state index contributed by atoms with van der Waals surface area (Å²) in [4.78, 5) is 7.06. The Labute approximate surface area is 157 Å². The third-order valence-corrected chi connectivity index (χ3v) is 5.80. The first-order valence-corrected chi connectivity index (χ1v) is 9.07. The summed E-state index contributed by atoms with van der Waals surface area (Å²) in [6.07, 6.45) is 0. The van der Waals surface area contributed by atoms with E-state index in [0.29, 0.717) is 18.4 Å². The normalized spacial score (nSPS) is 20.7. The molecule has 2 heterocycles. The second-order valence-corrected chi connectivity index (χ2v) is 7.54. The van der Waals surface area contributed by atoms with Crippen molar-refractivity contribution in [2.45, 2.75) is 12.5 Å². The van der Waals surface area contributed by atoms with Crippen molar-refractivity contribution >= 4 is 34.0 Å². The third kappa shape index (κ3) is 3.85. The topological polar surface area (TPSA) is 42.1 Å².